The molecule has 5 heteroatoms. The Bertz CT molecular complexity index is 586. The first-order valence-corrected chi connectivity index (χ1v) is 8.83. The van der Waals surface area contributed by atoms with Crippen molar-refractivity contribution in [3.63, 3.8) is 0 Å². The topological polar surface area (TPSA) is 55.6 Å². The van der Waals surface area contributed by atoms with E-state index >= 15 is 0 Å². The maximum atomic E-state index is 4.38. The molecule has 1 fully saturated rings. The Labute approximate surface area is 138 Å². The van der Waals surface area contributed by atoms with Crippen molar-refractivity contribution >= 4 is 5.69 Å². The average Bonchev–Trinajstić information content (AvgIpc) is 3.05. The zero-order chi connectivity index (χ0) is 16.1. The Morgan fingerprint density at radius 2 is 1.87 bits per heavy atom. The van der Waals surface area contributed by atoms with Crippen LogP contribution in [-0.2, 0) is 0 Å². The van der Waals surface area contributed by atoms with Gasteiger partial charge in [0.1, 0.15) is 0 Å². The summed E-state index contributed by atoms with van der Waals surface area (Å²) in [6, 6.07) is 11.0. The summed E-state index contributed by atoms with van der Waals surface area (Å²) in [5.41, 5.74) is 1.12. The van der Waals surface area contributed by atoms with Crippen LogP contribution in [0.5, 0.6) is 0 Å². The summed E-state index contributed by atoms with van der Waals surface area (Å²) in [5, 5.41) is 16.3. The van der Waals surface area contributed by atoms with Crippen LogP contribution in [0, 0.1) is 5.92 Å². The lowest BCUT2D eigenvalue weighted by Gasteiger charge is -2.26. The van der Waals surface area contributed by atoms with Crippen molar-refractivity contribution < 1.29 is 0 Å². The van der Waals surface area contributed by atoms with E-state index in [1.165, 1.54) is 32.1 Å². The molecule has 0 saturated heterocycles. The third-order valence-electron chi connectivity index (χ3n) is 4.57. The Hall–Kier alpha value is -1.91. The fourth-order valence-electron chi connectivity index (χ4n) is 3.45. The summed E-state index contributed by atoms with van der Waals surface area (Å²) < 4.78 is 2.09. The van der Waals surface area contributed by atoms with Crippen molar-refractivity contribution in [1.82, 2.24) is 20.2 Å². The molecule has 1 N–H and O–H groups in total. The highest BCUT2D eigenvalue weighted by Gasteiger charge is 2.25. The van der Waals surface area contributed by atoms with Gasteiger partial charge >= 0.3 is 0 Å². The number of anilines is 1. The largest absolute Gasteiger partial charge is 0.375 e. The minimum atomic E-state index is 0.148. The molecule has 0 spiro atoms. The number of hydrogen-bond acceptors (Lipinski definition) is 4. The van der Waals surface area contributed by atoms with Gasteiger partial charge in [-0.05, 0) is 47.7 Å². The Morgan fingerprint density at radius 3 is 2.57 bits per heavy atom. The zero-order valence-electron chi connectivity index (χ0n) is 14.2. The normalized spacial score (nSPS) is 17.3. The van der Waals surface area contributed by atoms with E-state index in [2.05, 4.69) is 63.6 Å². The predicted octanol–water partition coefficient (Wildman–Crippen LogP) is 4.38. The molecule has 23 heavy (non-hydrogen) atoms. The van der Waals surface area contributed by atoms with Crippen molar-refractivity contribution in [3.8, 4) is 0 Å². The average molecular weight is 313 g/mol. The van der Waals surface area contributed by atoms with E-state index in [1.54, 1.807) is 0 Å². The Morgan fingerprint density at radius 1 is 1.13 bits per heavy atom. The number of nitrogens with zero attached hydrogens (tertiary/aromatic N) is 4. The van der Waals surface area contributed by atoms with Gasteiger partial charge < -0.3 is 5.32 Å². The number of tetrazole rings is 1. The zero-order valence-corrected chi connectivity index (χ0v) is 14.2. The van der Waals surface area contributed by atoms with Crippen molar-refractivity contribution in [2.24, 2.45) is 5.92 Å². The summed E-state index contributed by atoms with van der Waals surface area (Å²) >= 11 is 0. The summed E-state index contributed by atoms with van der Waals surface area (Å²) in [6.07, 6.45) is 7.30. The SMILES string of the molecule is CC(C)C[C@H](Nc1ccccc1)c1nnnn1C1CCCCC1. The molecule has 1 aromatic carbocycles. The van der Waals surface area contributed by atoms with Crippen LogP contribution in [0.2, 0.25) is 0 Å². The summed E-state index contributed by atoms with van der Waals surface area (Å²) in [5.74, 6) is 1.56. The molecule has 1 aromatic heterocycles. The van der Waals surface area contributed by atoms with Crippen molar-refractivity contribution in [3.05, 3.63) is 36.2 Å². The lowest BCUT2D eigenvalue weighted by molar-refractivity contribution is 0.310. The van der Waals surface area contributed by atoms with E-state index in [0.29, 0.717) is 12.0 Å². The van der Waals surface area contributed by atoms with Gasteiger partial charge in [-0.2, -0.15) is 0 Å². The predicted molar refractivity (Wildman–Crippen MR) is 92.2 cm³/mol. The molecule has 0 radical (unpaired) electrons. The molecular formula is C18H27N5. The molecule has 1 aliphatic carbocycles. The Kier molecular flexibility index (Phi) is 5.26. The van der Waals surface area contributed by atoms with Crippen molar-refractivity contribution in [2.75, 3.05) is 5.32 Å². The maximum absolute atomic E-state index is 4.38. The first-order valence-electron chi connectivity index (χ1n) is 8.83. The van der Waals surface area contributed by atoms with Crippen LogP contribution in [0.3, 0.4) is 0 Å². The van der Waals surface area contributed by atoms with E-state index in [1.807, 2.05) is 6.07 Å². The third-order valence-corrected chi connectivity index (χ3v) is 4.57. The minimum Gasteiger partial charge on any atom is -0.375 e. The van der Waals surface area contributed by atoms with Crippen LogP contribution in [0.4, 0.5) is 5.69 Å². The molecule has 1 heterocycles. The molecule has 124 valence electrons. The first kappa shape index (κ1) is 16.0. The molecule has 0 unspecified atom stereocenters. The molecule has 3 rings (SSSR count). The highest BCUT2D eigenvalue weighted by Crippen LogP contribution is 2.31. The summed E-state index contributed by atoms with van der Waals surface area (Å²) in [4.78, 5) is 0. The van der Waals surface area contributed by atoms with Crippen LogP contribution < -0.4 is 5.32 Å². The number of hydrogen-bond donors (Lipinski definition) is 1. The molecular weight excluding hydrogens is 286 g/mol. The highest BCUT2D eigenvalue weighted by molar-refractivity contribution is 5.44. The lowest BCUT2D eigenvalue weighted by Crippen LogP contribution is -2.23. The minimum absolute atomic E-state index is 0.148. The molecule has 1 atom stereocenters. The molecule has 1 aliphatic rings. The second kappa shape index (κ2) is 7.57. The van der Waals surface area contributed by atoms with Gasteiger partial charge in [-0.1, -0.05) is 51.3 Å². The number of rotatable bonds is 6. The molecule has 0 amide bonds. The molecule has 0 aliphatic heterocycles. The van der Waals surface area contributed by atoms with Gasteiger partial charge in [-0.25, -0.2) is 4.68 Å². The van der Waals surface area contributed by atoms with E-state index in [0.717, 1.165) is 17.9 Å². The standard InChI is InChI=1S/C18H27N5/c1-14(2)13-17(19-15-9-5-3-6-10-15)18-20-21-22-23(18)16-11-7-4-8-12-16/h3,5-6,9-10,14,16-17,19H,4,7-8,11-13H2,1-2H3/t17-/m0/s1. The van der Waals surface area contributed by atoms with Gasteiger partial charge in [0.05, 0.1) is 12.1 Å². The second-order valence-corrected chi connectivity index (χ2v) is 6.97. The Balaban J connectivity index is 1.83. The highest BCUT2D eigenvalue weighted by atomic mass is 15.6. The van der Waals surface area contributed by atoms with Crippen LogP contribution in [0.1, 0.15) is 70.3 Å². The van der Waals surface area contributed by atoms with Gasteiger partial charge in [0.2, 0.25) is 0 Å². The van der Waals surface area contributed by atoms with E-state index in [4.69, 9.17) is 0 Å². The monoisotopic (exact) mass is 313 g/mol. The van der Waals surface area contributed by atoms with Crippen molar-refractivity contribution in [1.29, 1.82) is 0 Å². The summed E-state index contributed by atoms with van der Waals surface area (Å²) in [7, 11) is 0. The van der Waals surface area contributed by atoms with E-state index in [9.17, 15) is 0 Å². The summed E-state index contributed by atoms with van der Waals surface area (Å²) in [6.45, 7) is 4.49. The first-order chi connectivity index (χ1) is 11.2. The van der Waals surface area contributed by atoms with Gasteiger partial charge in [-0.3, -0.25) is 0 Å². The number of aromatic nitrogens is 4. The number of benzene rings is 1. The van der Waals surface area contributed by atoms with Crippen LogP contribution in [-0.4, -0.2) is 20.2 Å². The quantitative estimate of drug-likeness (QED) is 0.860. The van der Waals surface area contributed by atoms with Crippen LogP contribution in [0.15, 0.2) is 30.3 Å². The molecule has 2 aromatic rings. The third kappa shape index (κ3) is 4.09. The van der Waals surface area contributed by atoms with Crippen LogP contribution >= 0.6 is 0 Å². The van der Waals surface area contributed by atoms with Gasteiger partial charge in [0, 0.05) is 5.69 Å². The van der Waals surface area contributed by atoms with E-state index < -0.39 is 0 Å². The van der Waals surface area contributed by atoms with Gasteiger partial charge in [0.15, 0.2) is 5.82 Å². The fraction of sp³-hybridized carbons (Fsp3) is 0.611. The van der Waals surface area contributed by atoms with Gasteiger partial charge in [-0.15, -0.1) is 5.10 Å². The molecule has 0 bridgehead atoms. The second-order valence-electron chi connectivity index (χ2n) is 6.97. The maximum Gasteiger partial charge on any atom is 0.173 e. The molecule has 1 saturated carbocycles. The van der Waals surface area contributed by atoms with Crippen molar-refractivity contribution in [2.45, 2.75) is 64.5 Å². The lowest BCUT2D eigenvalue weighted by atomic mass is 9.95. The van der Waals surface area contributed by atoms with E-state index in [-0.39, 0.29) is 6.04 Å². The number of para-hydroxylation sites is 1. The molecule has 5 nitrogen and oxygen atoms in total. The fourth-order valence-corrected chi connectivity index (χ4v) is 3.45. The number of nitrogens with one attached hydrogen (secondary N) is 1. The van der Waals surface area contributed by atoms with Gasteiger partial charge in [0.25, 0.3) is 0 Å². The smallest absolute Gasteiger partial charge is 0.173 e. The van der Waals surface area contributed by atoms with Crippen LogP contribution in [0.25, 0.3) is 0 Å².